The third-order valence-electron chi connectivity index (χ3n) is 4.14. The van der Waals surface area contributed by atoms with Gasteiger partial charge in [0, 0.05) is 18.7 Å². The molecule has 0 radical (unpaired) electrons. The molecule has 1 amide bonds. The Labute approximate surface area is 117 Å². The SMILES string of the molecule is O=C(O)C1CCCCN1C(=O)C1Cc2ccccc2N1. The lowest BCUT2D eigenvalue weighted by molar-refractivity contribution is -0.152. The molecule has 0 saturated carbocycles. The van der Waals surface area contributed by atoms with Gasteiger partial charge in [-0.25, -0.2) is 4.79 Å². The van der Waals surface area contributed by atoms with Gasteiger partial charge in [0.25, 0.3) is 0 Å². The number of likely N-dealkylation sites (tertiary alicyclic amines) is 1. The number of fused-ring (bicyclic) bond motifs is 1. The Morgan fingerprint density at radius 2 is 2.05 bits per heavy atom. The van der Waals surface area contributed by atoms with Crippen LogP contribution in [0.5, 0.6) is 0 Å². The van der Waals surface area contributed by atoms with Crippen LogP contribution in [-0.4, -0.2) is 40.5 Å². The van der Waals surface area contributed by atoms with E-state index in [-0.39, 0.29) is 11.9 Å². The van der Waals surface area contributed by atoms with Crippen LogP contribution in [0.15, 0.2) is 24.3 Å². The van der Waals surface area contributed by atoms with Gasteiger partial charge in [-0.15, -0.1) is 0 Å². The molecule has 0 spiro atoms. The molecule has 2 heterocycles. The summed E-state index contributed by atoms with van der Waals surface area (Å²) >= 11 is 0. The van der Waals surface area contributed by atoms with Gasteiger partial charge in [-0.2, -0.15) is 0 Å². The fourth-order valence-electron chi connectivity index (χ4n) is 3.10. The molecule has 2 atom stereocenters. The van der Waals surface area contributed by atoms with Crippen LogP contribution >= 0.6 is 0 Å². The number of benzene rings is 1. The second-order valence-electron chi connectivity index (χ2n) is 5.44. The summed E-state index contributed by atoms with van der Waals surface area (Å²) in [7, 11) is 0. The van der Waals surface area contributed by atoms with Crippen molar-refractivity contribution in [2.45, 2.75) is 37.8 Å². The maximum Gasteiger partial charge on any atom is 0.326 e. The Hall–Kier alpha value is -2.04. The van der Waals surface area contributed by atoms with Gasteiger partial charge in [-0.1, -0.05) is 18.2 Å². The smallest absolute Gasteiger partial charge is 0.326 e. The molecule has 2 N–H and O–H groups in total. The standard InChI is InChI=1S/C15H18N2O3/c18-14(17-8-4-3-7-13(17)15(19)20)12-9-10-5-1-2-6-11(10)16-12/h1-2,5-6,12-13,16H,3-4,7-9H2,(H,19,20). The third-order valence-corrected chi connectivity index (χ3v) is 4.14. The van der Waals surface area contributed by atoms with E-state index in [4.69, 9.17) is 0 Å². The van der Waals surface area contributed by atoms with Crippen molar-refractivity contribution in [1.82, 2.24) is 4.90 Å². The molecule has 2 aliphatic heterocycles. The Kier molecular flexibility index (Phi) is 3.34. The Morgan fingerprint density at radius 1 is 1.25 bits per heavy atom. The van der Waals surface area contributed by atoms with E-state index in [1.165, 1.54) is 4.90 Å². The molecule has 3 rings (SSSR count). The second kappa shape index (κ2) is 5.15. The number of para-hydroxylation sites is 1. The molecule has 20 heavy (non-hydrogen) atoms. The number of rotatable bonds is 2. The zero-order chi connectivity index (χ0) is 14.1. The van der Waals surface area contributed by atoms with E-state index in [2.05, 4.69) is 5.32 Å². The van der Waals surface area contributed by atoms with Crippen LogP contribution in [0.2, 0.25) is 0 Å². The van der Waals surface area contributed by atoms with E-state index in [9.17, 15) is 14.7 Å². The summed E-state index contributed by atoms with van der Waals surface area (Å²) in [5, 5.41) is 12.5. The van der Waals surface area contributed by atoms with Gasteiger partial charge in [0.05, 0.1) is 0 Å². The number of carbonyl (C=O) groups is 2. The predicted octanol–water partition coefficient (Wildman–Crippen LogP) is 1.49. The van der Waals surface area contributed by atoms with Crippen molar-refractivity contribution in [2.24, 2.45) is 0 Å². The Balaban J connectivity index is 1.75. The topological polar surface area (TPSA) is 69.6 Å². The maximum absolute atomic E-state index is 12.6. The van der Waals surface area contributed by atoms with Gasteiger partial charge in [0.2, 0.25) is 5.91 Å². The van der Waals surface area contributed by atoms with Crippen molar-refractivity contribution >= 4 is 17.6 Å². The number of nitrogens with one attached hydrogen (secondary N) is 1. The molecule has 1 aromatic carbocycles. The maximum atomic E-state index is 12.6. The quantitative estimate of drug-likeness (QED) is 0.857. The minimum atomic E-state index is -0.895. The zero-order valence-corrected chi connectivity index (χ0v) is 11.2. The number of hydrogen-bond donors (Lipinski definition) is 2. The van der Waals surface area contributed by atoms with Crippen LogP contribution < -0.4 is 5.32 Å². The largest absolute Gasteiger partial charge is 0.480 e. The number of nitrogens with zero attached hydrogens (tertiary/aromatic N) is 1. The summed E-state index contributed by atoms with van der Waals surface area (Å²) in [4.78, 5) is 25.4. The van der Waals surface area contributed by atoms with Crippen LogP contribution in [0.1, 0.15) is 24.8 Å². The van der Waals surface area contributed by atoms with Gasteiger partial charge in [-0.05, 0) is 30.9 Å². The number of carboxylic acids is 1. The van der Waals surface area contributed by atoms with Gasteiger partial charge in [-0.3, -0.25) is 4.79 Å². The molecule has 0 bridgehead atoms. The molecular formula is C15H18N2O3. The molecule has 0 aromatic heterocycles. The summed E-state index contributed by atoms with van der Waals surface area (Å²) in [6, 6.07) is 6.84. The molecular weight excluding hydrogens is 256 g/mol. The van der Waals surface area contributed by atoms with Crippen LogP contribution in [0.25, 0.3) is 0 Å². The lowest BCUT2D eigenvalue weighted by Gasteiger charge is -2.34. The highest BCUT2D eigenvalue weighted by Gasteiger charge is 2.37. The number of piperidine rings is 1. The summed E-state index contributed by atoms with van der Waals surface area (Å²) in [6.45, 7) is 0.546. The predicted molar refractivity (Wildman–Crippen MR) is 74.5 cm³/mol. The summed E-state index contributed by atoms with van der Waals surface area (Å²) in [5.41, 5.74) is 2.10. The van der Waals surface area contributed by atoms with Gasteiger partial charge >= 0.3 is 5.97 Å². The van der Waals surface area contributed by atoms with E-state index >= 15 is 0 Å². The van der Waals surface area contributed by atoms with Crippen LogP contribution in [0.3, 0.4) is 0 Å². The lowest BCUT2D eigenvalue weighted by Crippen LogP contribution is -2.52. The highest BCUT2D eigenvalue weighted by Crippen LogP contribution is 2.27. The third kappa shape index (κ3) is 2.24. The van der Waals surface area contributed by atoms with E-state index in [0.717, 1.165) is 24.1 Å². The Morgan fingerprint density at radius 3 is 2.80 bits per heavy atom. The Bertz CT molecular complexity index is 519. The molecule has 1 fully saturated rings. The minimum Gasteiger partial charge on any atom is -0.480 e. The zero-order valence-electron chi connectivity index (χ0n) is 11.2. The summed E-state index contributed by atoms with van der Waals surface area (Å²) in [6.07, 6.45) is 2.95. The highest BCUT2D eigenvalue weighted by atomic mass is 16.4. The van der Waals surface area contributed by atoms with Crippen molar-refractivity contribution in [3.8, 4) is 0 Å². The fraction of sp³-hybridized carbons (Fsp3) is 0.467. The first-order chi connectivity index (χ1) is 9.66. The average molecular weight is 274 g/mol. The van der Waals surface area contributed by atoms with E-state index in [0.29, 0.717) is 19.4 Å². The van der Waals surface area contributed by atoms with Crippen molar-refractivity contribution in [1.29, 1.82) is 0 Å². The molecule has 1 saturated heterocycles. The summed E-state index contributed by atoms with van der Waals surface area (Å²) in [5.74, 6) is -0.984. The van der Waals surface area contributed by atoms with Crippen LogP contribution in [-0.2, 0) is 16.0 Å². The average Bonchev–Trinajstić information content (AvgIpc) is 2.90. The molecule has 5 heteroatoms. The second-order valence-corrected chi connectivity index (χ2v) is 5.44. The van der Waals surface area contributed by atoms with Crippen molar-refractivity contribution in [3.63, 3.8) is 0 Å². The molecule has 5 nitrogen and oxygen atoms in total. The van der Waals surface area contributed by atoms with E-state index < -0.39 is 12.0 Å². The van der Waals surface area contributed by atoms with Gasteiger partial charge in [0.15, 0.2) is 0 Å². The van der Waals surface area contributed by atoms with E-state index in [1.54, 1.807) is 0 Å². The normalized spacial score (nSPS) is 24.9. The van der Waals surface area contributed by atoms with Crippen molar-refractivity contribution in [3.05, 3.63) is 29.8 Å². The summed E-state index contributed by atoms with van der Waals surface area (Å²) < 4.78 is 0. The number of amides is 1. The number of aliphatic carboxylic acids is 1. The first kappa shape index (κ1) is 13.0. The number of carbonyl (C=O) groups excluding carboxylic acids is 1. The molecule has 0 aliphatic carbocycles. The highest BCUT2D eigenvalue weighted by molar-refractivity contribution is 5.90. The van der Waals surface area contributed by atoms with Crippen LogP contribution in [0.4, 0.5) is 5.69 Å². The van der Waals surface area contributed by atoms with Crippen molar-refractivity contribution in [2.75, 3.05) is 11.9 Å². The van der Waals surface area contributed by atoms with Crippen molar-refractivity contribution < 1.29 is 14.7 Å². The number of anilines is 1. The fourth-order valence-corrected chi connectivity index (χ4v) is 3.10. The van der Waals surface area contributed by atoms with Gasteiger partial charge < -0.3 is 15.3 Å². The number of carboxylic acid groups (broad SMARTS) is 1. The van der Waals surface area contributed by atoms with Gasteiger partial charge in [0.1, 0.15) is 12.1 Å². The molecule has 2 aliphatic rings. The molecule has 1 aromatic rings. The first-order valence-corrected chi connectivity index (χ1v) is 7.04. The van der Waals surface area contributed by atoms with E-state index in [1.807, 2.05) is 24.3 Å². The molecule has 2 unspecified atom stereocenters. The number of hydrogen-bond acceptors (Lipinski definition) is 3. The molecule has 106 valence electrons. The minimum absolute atomic E-state index is 0.0895. The lowest BCUT2D eigenvalue weighted by atomic mass is 10.0. The van der Waals surface area contributed by atoms with Crippen LogP contribution in [0, 0.1) is 0 Å². The monoisotopic (exact) mass is 274 g/mol. The first-order valence-electron chi connectivity index (χ1n) is 7.04.